The maximum absolute atomic E-state index is 12.1. The number of nitrogens with zero attached hydrogens (tertiary/aromatic N) is 2. The zero-order chi connectivity index (χ0) is 15.1. The number of rotatable bonds is 6. The fraction of sp³-hybridized carbons (Fsp3) is 0.294. The fourth-order valence-electron chi connectivity index (χ4n) is 2.06. The lowest BCUT2D eigenvalue weighted by Crippen LogP contribution is -2.29. The molecule has 0 aliphatic carbocycles. The van der Waals surface area contributed by atoms with E-state index < -0.39 is 0 Å². The summed E-state index contributed by atoms with van der Waals surface area (Å²) < 4.78 is 1.08. The van der Waals surface area contributed by atoms with Gasteiger partial charge in [-0.05, 0) is 48.2 Å². The SMILES string of the molecule is CN(CCc1ccc(Br)cc1)C(=O)CCc1ccncc1. The maximum Gasteiger partial charge on any atom is 0.222 e. The molecule has 0 saturated heterocycles. The summed E-state index contributed by atoms with van der Waals surface area (Å²) in [4.78, 5) is 17.9. The highest BCUT2D eigenvalue weighted by Gasteiger charge is 2.08. The van der Waals surface area contributed by atoms with Crippen LogP contribution in [0.15, 0.2) is 53.3 Å². The van der Waals surface area contributed by atoms with Gasteiger partial charge in [0.15, 0.2) is 0 Å². The highest BCUT2D eigenvalue weighted by Crippen LogP contribution is 2.11. The number of carbonyl (C=O) groups excluding carboxylic acids is 1. The number of aryl methyl sites for hydroxylation is 1. The van der Waals surface area contributed by atoms with Gasteiger partial charge >= 0.3 is 0 Å². The van der Waals surface area contributed by atoms with Crippen LogP contribution in [0, 0.1) is 0 Å². The van der Waals surface area contributed by atoms with Crippen LogP contribution in [0.4, 0.5) is 0 Å². The maximum atomic E-state index is 12.1. The first kappa shape index (κ1) is 15.7. The Kier molecular flexibility index (Phi) is 5.93. The van der Waals surface area contributed by atoms with Crippen molar-refractivity contribution in [1.29, 1.82) is 0 Å². The van der Waals surface area contributed by atoms with Crippen molar-refractivity contribution in [2.45, 2.75) is 19.3 Å². The second-order valence-corrected chi connectivity index (χ2v) is 5.96. The summed E-state index contributed by atoms with van der Waals surface area (Å²) in [6.45, 7) is 0.747. The third-order valence-corrected chi connectivity index (χ3v) is 3.98. The molecule has 0 aliphatic rings. The van der Waals surface area contributed by atoms with E-state index in [1.54, 1.807) is 12.4 Å². The Morgan fingerprint density at radius 1 is 1.05 bits per heavy atom. The average Bonchev–Trinajstić information content (AvgIpc) is 2.52. The predicted molar refractivity (Wildman–Crippen MR) is 88.0 cm³/mol. The van der Waals surface area contributed by atoms with Gasteiger partial charge in [-0.15, -0.1) is 0 Å². The van der Waals surface area contributed by atoms with Crippen molar-refractivity contribution in [2.24, 2.45) is 0 Å². The summed E-state index contributed by atoms with van der Waals surface area (Å²) in [6.07, 6.45) is 5.71. The zero-order valence-electron chi connectivity index (χ0n) is 12.1. The first-order valence-corrected chi connectivity index (χ1v) is 7.82. The van der Waals surface area contributed by atoms with Gasteiger partial charge in [-0.2, -0.15) is 0 Å². The van der Waals surface area contributed by atoms with E-state index in [1.807, 2.05) is 36.2 Å². The Morgan fingerprint density at radius 3 is 2.33 bits per heavy atom. The summed E-state index contributed by atoms with van der Waals surface area (Å²) in [5.74, 6) is 0.184. The van der Waals surface area contributed by atoms with E-state index in [9.17, 15) is 4.79 Å². The summed E-state index contributed by atoms with van der Waals surface area (Å²) in [7, 11) is 1.87. The number of amides is 1. The predicted octanol–water partition coefficient (Wildman–Crippen LogP) is 3.48. The van der Waals surface area contributed by atoms with Crippen molar-refractivity contribution in [3.63, 3.8) is 0 Å². The molecule has 0 saturated carbocycles. The van der Waals surface area contributed by atoms with Crippen LogP contribution in [0.1, 0.15) is 17.5 Å². The summed E-state index contributed by atoms with van der Waals surface area (Å²) in [5, 5.41) is 0. The molecule has 1 aromatic heterocycles. The van der Waals surface area contributed by atoms with Crippen LogP contribution in [-0.2, 0) is 17.6 Å². The Morgan fingerprint density at radius 2 is 1.67 bits per heavy atom. The number of likely N-dealkylation sites (N-methyl/N-ethyl adjacent to an activating group) is 1. The smallest absolute Gasteiger partial charge is 0.222 e. The number of aromatic nitrogens is 1. The van der Waals surface area contributed by atoms with Crippen LogP contribution in [0.3, 0.4) is 0 Å². The van der Waals surface area contributed by atoms with Crippen LogP contribution >= 0.6 is 15.9 Å². The van der Waals surface area contributed by atoms with Crippen LogP contribution in [0.25, 0.3) is 0 Å². The zero-order valence-corrected chi connectivity index (χ0v) is 13.7. The largest absolute Gasteiger partial charge is 0.345 e. The summed E-state index contributed by atoms with van der Waals surface area (Å²) in [6, 6.07) is 12.1. The summed E-state index contributed by atoms with van der Waals surface area (Å²) >= 11 is 3.42. The molecule has 0 atom stereocenters. The molecule has 21 heavy (non-hydrogen) atoms. The van der Waals surface area contributed by atoms with Gasteiger partial charge in [-0.25, -0.2) is 0 Å². The third kappa shape index (κ3) is 5.31. The first-order valence-electron chi connectivity index (χ1n) is 7.02. The van der Waals surface area contributed by atoms with Crippen molar-refractivity contribution < 1.29 is 4.79 Å². The molecular weight excluding hydrogens is 328 g/mol. The molecule has 0 spiro atoms. The van der Waals surface area contributed by atoms with Gasteiger partial charge in [-0.1, -0.05) is 28.1 Å². The fourth-order valence-corrected chi connectivity index (χ4v) is 2.33. The standard InChI is InChI=1S/C17H19BrN2O/c1-20(13-10-14-2-5-16(18)6-3-14)17(21)7-4-15-8-11-19-12-9-15/h2-3,5-6,8-9,11-12H,4,7,10,13H2,1H3. The second kappa shape index (κ2) is 7.93. The van der Waals surface area contributed by atoms with Crippen molar-refractivity contribution in [1.82, 2.24) is 9.88 Å². The highest BCUT2D eigenvalue weighted by molar-refractivity contribution is 9.10. The minimum atomic E-state index is 0.184. The van der Waals surface area contributed by atoms with E-state index in [1.165, 1.54) is 5.56 Å². The van der Waals surface area contributed by atoms with Gasteiger partial charge in [0.2, 0.25) is 5.91 Å². The van der Waals surface area contributed by atoms with E-state index in [0.29, 0.717) is 6.42 Å². The Labute approximate surface area is 134 Å². The quantitative estimate of drug-likeness (QED) is 0.802. The van der Waals surface area contributed by atoms with Crippen molar-refractivity contribution >= 4 is 21.8 Å². The van der Waals surface area contributed by atoms with Crippen molar-refractivity contribution in [3.05, 3.63) is 64.4 Å². The van der Waals surface area contributed by atoms with Gasteiger partial charge in [-0.3, -0.25) is 9.78 Å². The van der Waals surface area contributed by atoms with Crippen molar-refractivity contribution in [2.75, 3.05) is 13.6 Å². The molecule has 3 nitrogen and oxygen atoms in total. The number of carbonyl (C=O) groups is 1. The molecule has 1 heterocycles. The van der Waals surface area contributed by atoms with Gasteiger partial charge in [0.25, 0.3) is 0 Å². The van der Waals surface area contributed by atoms with E-state index in [0.717, 1.165) is 29.4 Å². The number of pyridine rings is 1. The number of hydrogen-bond donors (Lipinski definition) is 0. The minimum absolute atomic E-state index is 0.184. The molecule has 0 radical (unpaired) electrons. The monoisotopic (exact) mass is 346 g/mol. The molecule has 1 aromatic carbocycles. The van der Waals surface area contributed by atoms with E-state index in [-0.39, 0.29) is 5.91 Å². The molecule has 2 aromatic rings. The average molecular weight is 347 g/mol. The number of halogens is 1. The third-order valence-electron chi connectivity index (χ3n) is 3.45. The Hall–Kier alpha value is -1.68. The van der Waals surface area contributed by atoms with Crippen LogP contribution < -0.4 is 0 Å². The van der Waals surface area contributed by atoms with Crippen LogP contribution in [-0.4, -0.2) is 29.4 Å². The summed E-state index contributed by atoms with van der Waals surface area (Å²) in [5.41, 5.74) is 2.40. The van der Waals surface area contributed by atoms with Crippen LogP contribution in [0.5, 0.6) is 0 Å². The topological polar surface area (TPSA) is 33.2 Å². The number of hydrogen-bond acceptors (Lipinski definition) is 2. The molecular formula is C17H19BrN2O. The van der Waals surface area contributed by atoms with E-state index in [2.05, 4.69) is 33.0 Å². The Bertz CT molecular complexity index is 569. The van der Waals surface area contributed by atoms with Crippen molar-refractivity contribution in [3.8, 4) is 0 Å². The molecule has 1 amide bonds. The van der Waals surface area contributed by atoms with E-state index >= 15 is 0 Å². The van der Waals surface area contributed by atoms with Gasteiger partial charge in [0.1, 0.15) is 0 Å². The molecule has 0 unspecified atom stereocenters. The molecule has 0 fully saturated rings. The van der Waals surface area contributed by atoms with Gasteiger partial charge in [0.05, 0.1) is 0 Å². The normalized spacial score (nSPS) is 10.4. The number of benzene rings is 1. The van der Waals surface area contributed by atoms with Gasteiger partial charge in [0, 0.05) is 36.9 Å². The molecule has 0 bridgehead atoms. The lowest BCUT2D eigenvalue weighted by Gasteiger charge is -2.17. The lowest BCUT2D eigenvalue weighted by molar-refractivity contribution is -0.129. The van der Waals surface area contributed by atoms with Gasteiger partial charge < -0.3 is 4.90 Å². The molecule has 0 aliphatic heterocycles. The highest BCUT2D eigenvalue weighted by atomic mass is 79.9. The van der Waals surface area contributed by atoms with Crippen LogP contribution in [0.2, 0.25) is 0 Å². The minimum Gasteiger partial charge on any atom is -0.345 e. The second-order valence-electron chi connectivity index (χ2n) is 5.05. The van der Waals surface area contributed by atoms with E-state index in [4.69, 9.17) is 0 Å². The molecule has 4 heteroatoms. The lowest BCUT2D eigenvalue weighted by atomic mass is 10.1. The molecule has 0 N–H and O–H groups in total. The molecule has 110 valence electrons. The Balaban J connectivity index is 1.76. The first-order chi connectivity index (χ1) is 10.1. The molecule has 2 rings (SSSR count).